The maximum absolute atomic E-state index is 13.0. The predicted octanol–water partition coefficient (Wildman–Crippen LogP) is 2.99. The zero-order valence-corrected chi connectivity index (χ0v) is 18.7. The van der Waals surface area contributed by atoms with E-state index in [-0.39, 0.29) is 17.5 Å². The van der Waals surface area contributed by atoms with Gasteiger partial charge in [0.1, 0.15) is 0 Å². The van der Waals surface area contributed by atoms with Crippen molar-refractivity contribution in [2.45, 2.75) is 50.5 Å². The zero-order valence-electron chi connectivity index (χ0n) is 17.9. The smallest absolute Gasteiger partial charge is 0.313 e. The molecule has 0 aromatic heterocycles. The second kappa shape index (κ2) is 10.1. The molecule has 8 heteroatoms. The Balaban J connectivity index is 1.56. The molecule has 2 aromatic rings. The molecule has 1 aliphatic heterocycles. The Kier molecular flexibility index (Phi) is 7.46. The molecule has 3 rings (SSSR count). The summed E-state index contributed by atoms with van der Waals surface area (Å²) < 4.78 is 27.6. The summed E-state index contributed by atoms with van der Waals surface area (Å²) in [6.45, 7) is 4.60. The second-order valence-corrected chi connectivity index (χ2v) is 9.77. The molecule has 1 fully saturated rings. The van der Waals surface area contributed by atoms with Crippen molar-refractivity contribution < 1.29 is 18.0 Å². The average molecular weight is 444 g/mol. The van der Waals surface area contributed by atoms with Crippen LogP contribution >= 0.6 is 0 Å². The number of anilines is 1. The Morgan fingerprint density at radius 1 is 1.00 bits per heavy atom. The highest BCUT2D eigenvalue weighted by atomic mass is 32.2. The molecule has 1 saturated heterocycles. The molecular formula is C23H29N3O4S. The third kappa shape index (κ3) is 5.71. The van der Waals surface area contributed by atoms with Gasteiger partial charge in [0.2, 0.25) is 10.0 Å². The average Bonchev–Trinajstić information content (AvgIpc) is 2.77. The van der Waals surface area contributed by atoms with E-state index < -0.39 is 21.8 Å². The molecule has 7 nitrogen and oxygen atoms in total. The van der Waals surface area contributed by atoms with Crippen LogP contribution in [0.5, 0.6) is 0 Å². The number of hydrogen-bond acceptors (Lipinski definition) is 4. The molecule has 0 bridgehead atoms. The number of aryl methyl sites for hydroxylation is 2. The summed E-state index contributed by atoms with van der Waals surface area (Å²) in [7, 11) is -3.59. The first-order chi connectivity index (χ1) is 14.8. The van der Waals surface area contributed by atoms with E-state index in [9.17, 15) is 18.0 Å². The minimum atomic E-state index is -3.59. The normalized spacial score (nSPS) is 17.2. The predicted molar refractivity (Wildman–Crippen MR) is 120 cm³/mol. The van der Waals surface area contributed by atoms with E-state index >= 15 is 0 Å². The number of sulfonamides is 1. The van der Waals surface area contributed by atoms with Crippen LogP contribution in [0.15, 0.2) is 53.4 Å². The van der Waals surface area contributed by atoms with Crippen molar-refractivity contribution in [3.8, 4) is 0 Å². The zero-order chi connectivity index (χ0) is 22.4. The van der Waals surface area contributed by atoms with E-state index in [1.807, 2.05) is 26.0 Å². The molecule has 1 atom stereocenters. The van der Waals surface area contributed by atoms with Crippen LogP contribution in [0, 0.1) is 13.8 Å². The molecule has 0 aliphatic carbocycles. The SMILES string of the molecule is Cc1ccc(NC(=O)C(=O)NCC[C@H]2CCCCN2S(=O)(=O)c2ccccc2)cc1C. The molecule has 166 valence electrons. The van der Waals surface area contributed by atoms with Crippen LogP contribution in [-0.4, -0.2) is 43.7 Å². The van der Waals surface area contributed by atoms with Gasteiger partial charge in [-0.3, -0.25) is 9.59 Å². The third-order valence-electron chi connectivity index (χ3n) is 5.66. The van der Waals surface area contributed by atoms with E-state index in [1.54, 1.807) is 36.4 Å². The molecule has 2 N–H and O–H groups in total. The van der Waals surface area contributed by atoms with Crippen molar-refractivity contribution in [3.05, 3.63) is 59.7 Å². The van der Waals surface area contributed by atoms with Gasteiger partial charge in [0.25, 0.3) is 0 Å². The molecular weight excluding hydrogens is 414 g/mol. The number of benzene rings is 2. The lowest BCUT2D eigenvalue weighted by Crippen LogP contribution is -2.45. The minimum Gasteiger partial charge on any atom is -0.348 e. The van der Waals surface area contributed by atoms with Gasteiger partial charge < -0.3 is 10.6 Å². The molecule has 31 heavy (non-hydrogen) atoms. The van der Waals surface area contributed by atoms with Gasteiger partial charge in [0.05, 0.1) is 4.90 Å². The fourth-order valence-electron chi connectivity index (χ4n) is 3.75. The van der Waals surface area contributed by atoms with Gasteiger partial charge in [0.15, 0.2) is 0 Å². The summed E-state index contributed by atoms with van der Waals surface area (Å²) in [6.07, 6.45) is 2.94. The summed E-state index contributed by atoms with van der Waals surface area (Å²) in [5, 5.41) is 5.21. The maximum Gasteiger partial charge on any atom is 0.313 e. The van der Waals surface area contributed by atoms with Crippen molar-refractivity contribution >= 4 is 27.5 Å². The summed E-state index contributed by atoms with van der Waals surface area (Å²) in [5.41, 5.74) is 2.69. The lowest BCUT2D eigenvalue weighted by molar-refractivity contribution is -0.136. The highest BCUT2D eigenvalue weighted by Gasteiger charge is 2.33. The standard InChI is InChI=1S/C23H29N3O4S/c1-17-11-12-19(16-18(17)2)25-23(28)22(27)24-14-13-20-8-6-7-15-26(20)31(29,30)21-9-4-3-5-10-21/h3-5,9-12,16,20H,6-8,13-15H2,1-2H3,(H,24,27)(H,25,28)/t20-/m1/s1. The Hall–Kier alpha value is -2.71. The fourth-order valence-corrected chi connectivity index (χ4v) is 5.49. The van der Waals surface area contributed by atoms with Crippen LogP contribution in [0.4, 0.5) is 5.69 Å². The van der Waals surface area contributed by atoms with E-state index in [0.717, 1.165) is 30.4 Å². The number of carbonyl (C=O) groups is 2. The largest absolute Gasteiger partial charge is 0.348 e. The molecule has 2 aromatic carbocycles. The first-order valence-electron chi connectivity index (χ1n) is 10.5. The lowest BCUT2D eigenvalue weighted by Gasteiger charge is -2.34. The Morgan fingerprint density at radius 2 is 1.74 bits per heavy atom. The van der Waals surface area contributed by atoms with Crippen molar-refractivity contribution in [2.75, 3.05) is 18.4 Å². The van der Waals surface area contributed by atoms with Crippen molar-refractivity contribution in [1.29, 1.82) is 0 Å². The first-order valence-corrected chi connectivity index (χ1v) is 12.0. The number of piperidine rings is 1. The number of amides is 2. The van der Waals surface area contributed by atoms with Crippen molar-refractivity contribution in [3.63, 3.8) is 0 Å². The monoisotopic (exact) mass is 443 g/mol. The molecule has 0 radical (unpaired) electrons. The molecule has 0 unspecified atom stereocenters. The minimum absolute atomic E-state index is 0.206. The summed E-state index contributed by atoms with van der Waals surface area (Å²) in [5.74, 6) is -1.47. The van der Waals surface area contributed by atoms with Crippen molar-refractivity contribution in [2.24, 2.45) is 0 Å². The Bertz CT molecular complexity index is 1040. The number of nitrogens with one attached hydrogen (secondary N) is 2. The van der Waals surface area contributed by atoms with Crippen LogP contribution < -0.4 is 10.6 Å². The highest BCUT2D eigenvalue weighted by Crippen LogP contribution is 2.26. The van der Waals surface area contributed by atoms with Gasteiger partial charge in [-0.25, -0.2) is 8.42 Å². The number of hydrogen-bond donors (Lipinski definition) is 2. The molecule has 0 saturated carbocycles. The highest BCUT2D eigenvalue weighted by molar-refractivity contribution is 7.89. The molecule has 1 aliphatic rings. The van der Waals surface area contributed by atoms with Gasteiger partial charge in [-0.05, 0) is 68.5 Å². The van der Waals surface area contributed by atoms with E-state index in [2.05, 4.69) is 10.6 Å². The number of rotatable bonds is 6. The summed E-state index contributed by atoms with van der Waals surface area (Å²) >= 11 is 0. The fraction of sp³-hybridized carbons (Fsp3) is 0.391. The van der Waals surface area contributed by atoms with Gasteiger partial charge in [-0.15, -0.1) is 0 Å². The van der Waals surface area contributed by atoms with Gasteiger partial charge >= 0.3 is 11.8 Å². The van der Waals surface area contributed by atoms with Crippen LogP contribution in [0.2, 0.25) is 0 Å². The third-order valence-corrected chi connectivity index (χ3v) is 7.62. The van der Waals surface area contributed by atoms with E-state index in [4.69, 9.17) is 0 Å². The van der Waals surface area contributed by atoms with Crippen molar-refractivity contribution in [1.82, 2.24) is 9.62 Å². The summed E-state index contributed by atoms with van der Waals surface area (Å²) in [6, 6.07) is 13.6. The van der Waals surface area contributed by atoms with Crippen LogP contribution in [0.1, 0.15) is 36.8 Å². The van der Waals surface area contributed by atoms with Gasteiger partial charge in [-0.2, -0.15) is 4.31 Å². The maximum atomic E-state index is 13.0. The molecule has 2 amide bonds. The number of nitrogens with zero attached hydrogens (tertiary/aromatic N) is 1. The number of carbonyl (C=O) groups excluding carboxylic acids is 2. The van der Waals surface area contributed by atoms with Gasteiger partial charge in [-0.1, -0.05) is 30.7 Å². The molecule has 1 heterocycles. The topological polar surface area (TPSA) is 95.6 Å². The van der Waals surface area contributed by atoms with E-state index in [0.29, 0.717) is 18.7 Å². The molecule has 0 spiro atoms. The summed E-state index contributed by atoms with van der Waals surface area (Å²) in [4.78, 5) is 24.6. The Labute approximate surface area is 183 Å². The van der Waals surface area contributed by atoms with Gasteiger partial charge in [0, 0.05) is 24.8 Å². The Morgan fingerprint density at radius 3 is 2.45 bits per heavy atom. The second-order valence-electron chi connectivity index (χ2n) is 7.88. The quantitative estimate of drug-likeness (QED) is 0.671. The van der Waals surface area contributed by atoms with Crippen LogP contribution in [-0.2, 0) is 19.6 Å². The lowest BCUT2D eigenvalue weighted by atomic mass is 10.0. The van der Waals surface area contributed by atoms with E-state index in [1.165, 1.54) is 4.31 Å². The first kappa shape index (κ1) is 23.0. The van der Waals surface area contributed by atoms with Crippen LogP contribution in [0.3, 0.4) is 0 Å². The van der Waals surface area contributed by atoms with Crippen LogP contribution in [0.25, 0.3) is 0 Å².